The molecule has 1 aliphatic rings. The van der Waals surface area contributed by atoms with E-state index in [9.17, 15) is 18.0 Å². The van der Waals surface area contributed by atoms with Gasteiger partial charge in [-0.1, -0.05) is 11.3 Å². The molecule has 2 heterocycles. The van der Waals surface area contributed by atoms with E-state index in [4.69, 9.17) is 0 Å². The van der Waals surface area contributed by atoms with E-state index in [1.807, 2.05) is 0 Å². The normalized spacial score (nSPS) is 18.9. The van der Waals surface area contributed by atoms with Crippen molar-refractivity contribution < 1.29 is 18.0 Å². The third-order valence-electron chi connectivity index (χ3n) is 3.68. The summed E-state index contributed by atoms with van der Waals surface area (Å²) >= 11 is 1.32. The summed E-state index contributed by atoms with van der Waals surface area (Å²) in [6.45, 7) is 2.81. The van der Waals surface area contributed by atoms with E-state index in [2.05, 4.69) is 10.3 Å². The number of halogens is 3. The lowest BCUT2D eigenvalue weighted by Crippen LogP contribution is -2.29. The largest absolute Gasteiger partial charge is 0.416 e. The van der Waals surface area contributed by atoms with Crippen molar-refractivity contribution in [2.45, 2.75) is 25.6 Å². The second kappa shape index (κ2) is 5.42. The van der Waals surface area contributed by atoms with Gasteiger partial charge in [0.25, 0.3) is 0 Å². The zero-order valence-corrected chi connectivity index (χ0v) is 12.6. The van der Waals surface area contributed by atoms with Crippen molar-refractivity contribution in [3.05, 3.63) is 23.8 Å². The van der Waals surface area contributed by atoms with Gasteiger partial charge in [0.1, 0.15) is 0 Å². The molecule has 1 fully saturated rings. The van der Waals surface area contributed by atoms with Gasteiger partial charge in [0, 0.05) is 26.1 Å². The van der Waals surface area contributed by atoms with Gasteiger partial charge in [-0.05, 0) is 24.6 Å². The van der Waals surface area contributed by atoms with Crippen LogP contribution in [0.1, 0.15) is 18.9 Å². The van der Waals surface area contributed by atoms with Gasteiger partial charge >= 0.3 is 6.18 Å². The second-order valence-electron chi connectivity index (χ2n) is 5.29. The van der Waals surface area contributed by atoms with E-state index in [-0.39, 0.29) is 11.9 Å². The molecular formula is C14H14F3N3OS. The number of rotatable bonds is 2. The molecule has 3 rings (SSSR count). The lowest BCUT2D eigenvalue weighted by molar-refractivity contribution is -0.137. The van der Waals surface area contributed by atoms with E-state index in [0.717, 1.165) is 18.6 Å². The first-order chi connectivity index (χ1) is 10.3. The predicted octanol–water partition coefficient (Wildman–Crippen LogP) is 3.35. The molecule has 1 atom stereocenters. The summed E-state index contributed by atoms with van der Waals surface area (Å²) in [5.41, 5.74) is -0.357. The molecule has 22 heavy (non-hydrogen) atoms. The Morgan fingerprint density at radius 2 is 2.23 bits per heavy atom. The molecule has 0 radical (unpaired) electrons. The van der Waals surface area contributed by atoms with Gasteiger partial charge in [-0.15, -0.1) is 0 Å². The third-order valence-corrected chi connectivity index (χ3v) is 4.64. The molecule has 0 saturated carbocycles. The number of alkyl halides is 3. The zero-order chi connectivity index (χ0) is 15.9. The summed E-state index contributed by atoms with van der Waals surface area (Å²) < 4.78 is 38.8. The van der Waals surface area contributed by atoms with Gasteiger partial charge in [-0.25, -0.2) is 4.98 Å². The van der Waals surface area contributed by atoms with Crippen LogP contribution >= 0.6 is 11.3 Å². The first kappa shape index (κ1) is 15.1. The SMILES string of the molecule is CC(=O)N1CC[C@@H](Nc2nc3cc(C(F)(F)F)ccc3s2)C1. The van der Waals surface area contributed by atoms with Crippen LogP contribution in [0.25, 0.3) is 10.2 Å². The predicted molar refractivity (Wildman–Crippen MR) is 78.9 cm³/mol. The number of carbonyl (C=O) groups excluding carboxylic acids is 1. The van der Waals surface area contributed by atoms with Crippen molar-refractivity contribution in [1.29, 1.82) is 0 Å². The number of benzene rings is 1. The van der Waals surface area contributed by atoms with Gasteiger partial charge in [0.05, 0.1) is 15.8 Å². The van der Waals surface area contributed by atoms with Crippen LogP contribution in [-0.2, 0) is 11.0 Å². The Morgan fingerprint density at radius 3 is 2.86 bits per heavy atom. The molecule has 1 aliphatic heterocycles. The van der Waals surface area contributed by atoms with Crippen molar-refractivity contribution in [1.82, 2.24) is 9.88 Å². The number of fused-ring (bicyclic) bond motifs is 1. The van der Waals surface area contributed by atoms with Crippen LogP contribution in [0.15, 0.2) is 18.2 Å². The van der Waals surface area contributed by atoms with Crippen LogP contribution in [0.5, 0.6) is 0 Å². The maximum Gasteiger partial charge on any atom is 0.416 e. The lowest BCUT2D eigenvalue weighted by Gasteiger charge is -2.14. The van der Waals surface area contributed by atoms with Gasteiger partial charge < -0.3 is 10.2 Å². The van der Waals surface area contributed by atoms with Crippen molar-refractivity contribution in [3.63, 3.8) is 0 Å². The summed E-state index contributed by atoms with van der Waals surface area (Å²) in [6.07, 6.45) is -3.55. The summed E-state index contributed by atoms with van der Waals surface area (Å²) in [4.78, 5) is 17.3. The molecule has 8 heteroatoms. The number of amides is 1. The molecule has 0 spiro atoms. The summed E-state index contributed by atoms with van der Waals surface area (Å²) in [6, 6.07) is 3.66. The highest BCUT2D eigenvalue weighted by atomic mass is 32.1. The molecule has 0 bridgehead atoms. The Bertz CT molecular complexity index is 713. The van der Waals surface area contributed by atoms with Crippen LogP contribution in [0.4, 0.5) is 18.3 Å². The Morgan fingerprint density at radius 1 is 1.45 bits per heavy atom. The quantitative estimate of drug-likeness (QED) is 0.919. The van der Waals surface area contributed by atoms with Crippen molar-refractivity contribution in [2.75, 3.05) is 18.4 Å². The number of nitrogens with one attached hydrogen (secondary N) is 1. The molecule has 4 nitrogen and oxygen atoms in total. The van der Waals surface area contributed by atoms with Crippen LogP contribution in [0.3, 0.4) is 0 Å². The van der Waals surface area contributed by atoms with Crippen molar-refractivity contribution >= 4 is 32.6 Å². The van der Waals surface area contributed by atoms with Gasteiger partial charge in [-0.3, -0.25) is 4.79 Å². The van der Waals surface area contributed by atoms with E-state index >= 15 is 0 Å². The summed E-state index contributed by atoms with van der Waals surface area (Å²) in [7, 11) is 0. The lowest BCUT2D eigenvalue weighted by atomic mass is 10.2. The Kier molecular flexibility index (Phi) is 3.72. The van der Waals surface area contributed by atoms with Crippen molar-refractivity contribution in [3.8, 4) is 0 Å². The highest BCUT2D eigenvalue weighted by Gasteiger charge is 2.31. The summed E-state index contributed by atoms with van der Waals surface area (Å²) in [5, 5.41) is 3.79. The minimum atomic E-state index is -4.36. The average molecular weight is 329 g/mol. The highest BCUT2D eigenvalue weighted by Crippen LogP contribution is 2.34. The maximum atomic E-state index is 12.7. The fourth-order valence-corrected chi connectivity index (χ4v) is 3.43. The fourth-order valence-electron chi connectivity index (χ4n) is 2.50. The third kappa shape index (κ3) is 3.01. The first-order valence-electron chi connectivity index (χ1n) is 6.83. The van der Waals surface area contributed by atoms with Crippen LogP contribution in [0, 0.1) is 0 Å². The smallest absolute Gasteiger partial charge is 0.357 e. The van der Waals surface area contributed by atoms with Gasteiger partial charge in [-0.2, -0.15) is 13.2 Å². The Balaban J connectivity index is 1.77. The molecule has 1 aromatic carbocycles. The second-order valence-corrected chi connectivity index (χ2v) is 6.32. The molecule has 1 N–H and O–H groups in total. The fraction of sp³-hybridized carbons (Fsp3) is 0.429. The standard InChI is InChI=1S/C14H14F3N3OS/c1-8(21)20-5-4-10(7-20)18-13-19-11-6-9(14(15,16)17)2-3-12(11)22-13/h2-3,6,10H,4-5,7H2,1H3,(H,18,19)/t10-/m1/s1. The number of anilines is 1. The topological polar surface area (TPSA) is 45.2 Å². The number of carbonyl (C=O) groups is 1. The Hall–Kier alpha value is -1.83. The minimum Gasteiger partial charge on any atom is -0.357 e. The number of aromatic nitrogens is 1. The minimum absolute atomic E-state index is 0.0309. The first-order valence-corrected chi connectivity index (χ1v) is 7.64. The van der Waals surface area contributed by atoms with Gasteiger partial charge in [0.2, 0.25) is 5.91 Å². The molecule has 2 aromatic rings. The number of nitrogens with zero attached hydrogens (tertiary/aromatic N) is 2. The van der Waals surface area contributed by atoms with Crippen molar-refractivity contribution in [2.24, 2.45) is 0 Å². The Labute approximate surface area is 128 Å². The van der Waals surface area contributed by atoms with Crippen LogP contribution in [0.2, 0.25) is 0 Å². The van der Waals surface area contributed by atoms with E-state index in [0.29, 0.717) is 28.4 Å². The maximum absolute atomic E-state index is 12.7. The monoisotopic (exact) mass is 329 g/mol. The average Bonchev–Trinajstić information content (AvgIpc) is 3.03. The molecule has 0 unspecified atom stereocenters. The van der Waals surface area contributed by atoms with Gasteiger partial charge in [0.15, 0.2) is 5.13 Å². The number of thiazole rings is 1. The molecule has 1 amide bonds. The molecule has 0 aliphatic carbocycles. The number of hydrogen-bond acceptors (Lipinski definition) is 4. The van der Waals surface area contributed by atoms with E-state index < -0.39 is 11.7 Å². The highest BCUT2D eigenvalue weighted by molar-refractivity contribution is 7.22. The molecule has 1 aromatic heterocycles. The van der Waals surface area contributed by atoms with Crippen LogP contribution in [-0.4, -0.2) is 34.9 Å². The summed E-state index contributed by atoms with van der Waals surface area (Å²) in [5.74, 6) is 0.0309. The molecule has 1 saturated heterocycles. The number of likely N-dealkylation sites (tertiary alicyclic amines) is 1. The molecular weight excluding hydrogens is 315 g/mol. The van der Waals surface area contributed by atoms with E-state index in [1.165, 1.54) is 24.3 Å². The van der Waals surface area contributed by atoms with E-state index in [1.54, 1.807) is 4.90 Å². The zero-order valence-electron chi connectivity index (χ0n) is 11.8. The van der Waals surface area contributed by atoms with Crippen LogP contribution < -0.4 is 5.32 Å². The number of hydrogen-bond donors (Lipinski definition) is 1. The molecule has 118 valence electrons.